The highest BCUT2D eigenvalue weighted by molar-refractivity contribution is 5.86. The number of ether oxygens (including phenoxy) is 2. The molecule has 0 spiro atoms. The SMILES string of the molecule is CCCCOC(=O)Nc1ccccc1OCC(O)C[NH2+]C(C)C.[Cl-]. The summed E-state index contributed by atoms with van der Waals surface area (Å²) in [6, 6.07) is 7.54. The molecule has 0 saturated carbocycles. The van der Waals surface area contributed by atoms with Crippen molar-refractivity contribution in [3.63, 3.8) is 0 Å². The molecule has 1 unspecified atom stereocenters. The number of quaternary nitrogens is 1. The molecule has 0 heterocycles. The largest absolute Gasteiger partial charge is 1.00 e. The number of hydrogen-bond acceptors (Lipinski definition) is 4. The van der Waals surface area contributed by atoms with Gasteiger partial charge in [0.2, 0.25) is 0 Å². The van der Waals surface area contributed by atoms with Crippen LogP contribution in [0.2, 0.25) is 0 Å². The van der Waals surface area contributed by atoms with E-state index in [1.165, 1.54) is 0 Å². The number of carbonyl (C=O) groups excluding carboxylic acids is 1. The van der Waals surface area contributed by atoms with Crippen molar-refractivity contribution in [3.8, 4) is 5.75 Å². The summed E-state index contributed by atoms with van der Waals surface area (Å²) >= 11 is 0. The number of aliphatic hydroxyl groups excluding tert-OH is 1. The molecule has 0 aliphatic rings. The number of unbranched alkanes of at least 4 members (excludes halogenated alkanes) is 1. The lowest BCUT2D eigenvalue weighted by atomic mass is 10.3. The Hall–Kier alpha value is -1.50. The Morgan fingerprint density at radius 1 is 1.33 bits per heavy atom. The number of aliphatic hydroxyl groups is 1. The fourth-order valence-electron chi connectivity index (χ4n) is 1.83. The Kier molecular flexibility index (Phi) is 12.1. The molecule has 1 amide bonds. The van der Waals surface area contributed by atoms with Gasteiger partial charge in [0.15, 0.2) is 0 Å². The number of nitrogens with one attached hydrogen (secondary N) is 1. The van der Waals surface area contributed by atoms with Gasteiger partial charge in [-0.05, 0) is 32.4 Å². The average Bonchev–Trinajstić information content (AvgIpc) is 2.52. The van der Waals surface area contributed by atoms with E-state index in [0.29, 0.717) is 30.6 Å². The van der Waals surface area contributed by atoms with E-state index >= 15 is 0 Å². The first-order chi connectivity index (χ1) is 11.0. The zero-order chi connectivity index (χ0) is 17.1. The minimum Gasteiger partial charge on any atom is -1.00 e. The van der Waals surface area contributed by atoms with Crippen LogP contribution in [0.1, 0.15) is 33.6 Å². The van der Waals surface area contributed by atoms with Gasteiger partial charge in [-0.1, -0.05) is 25.5 Å². The van der Waals surface area contributed by atoms with E-state index in [1.54, 1.807) is 18.2 Å². The maximum atomic E-state index is 11.7. The second kappa shape index (κ2) is 12.9. The van der Waals surface area contributed by atoms with Gasteiger partial charge in [-0.25, -0.2) is 4.79 Å². The lowest BCUT2D eigenvalue weighted by Gasteiger charge is -2.15. The first-order valence-corrected chi connectivity index (χ1v) is 8.20. The number of halogens is 1. The van der Waals surface area contributed by atoms with Gasteiger partial charge in [0, 0.05) is 0 Å². The fraction of sp³-hybridized carbons (Fsp3) is 0.588. The summed E-state index contributed by atoms with van der Waals surface area (Å²) in [5.74, 6) is 0.517. The second-order valence-electron chi connectivity index (χ2n) is 5.79. The predicted molar refractivity (Wildman–Crippen MR) is 89.8 cm³/mol. The van der Waals surface area contributed by atoms with E-state index in [9.17, 15) is 9.90 Å². The molecule has 0 bridgehead atoms. The standard InChI is InChI=1S/C17H28N2O4.ClH/c1-4-5-10-22-17(21)19-15-8-6-7-9-16(15)23-12-14(20)11-18-13(2)3;/h6-9,13-14,18,20H,4-5,10-12H2,1-3H3,(H,19,21);1H. The maximum absolute atomic E-state index is 11.7. The van der Waals surface area contributed by atoms with Gasteiger partial charge >= 0.3 is 6.09 Å². The van der Waals surface area contributed by atoms with Crippen molar-refractivity contribution in [3.05, 3.63) is 24.3 Å². The van der Waals surface area contributed by atoms with Crippen LogP contribution in [0.3, 0.4) is 0 Å². The van der Waals surface area contributed by atoms with Gasteiger partial charge < -0.3 is 32.3 Å². The van der Waals surface area contributed by atoms with Crippen LogP contribution in [0.5, 0.6) is 5.75 Å². The van der Waals surface area contributed by atoms with E-state index in [-0.39, 0.29) is 19.0 Å². The van der Waals surface area contributed by atoms with Crippen molar-refractivity contribution in [1.29, 1.82) is 0 Å². The van der Waals surface area contributed by atoms with Crippen LogP contribution < -0.4 is 27.8 Å². The van der Waals surface area contributed by atoms with E-state index in [0.717, 1.165) is 12.8 Å². The summed E-state index contributed by atoms with van der Waals surface area (Å²) in [6.07, 6.45) is 0.743. The van der Waals surface area contributed by atoms with Crippen molar-refractivity contribution >= 4 is 11.8 Å². The molecular weight excluding hydrogens is 332 g/mol. The number of rotatable bonds is 10. The third-order valence-corrected chi connectivity index (χ3v) is 3.17. The van der Waals surface area contributed by atoms with Gasteiger partial charge in [-0.15, -0.1) is 0 Å². The van der Waals surface area contributed by atoms with Gasteiger partial charge in [-0.2, -0.15) is 0 Å². The van der Waals surface area contributed by atoms with Gasteiger partial charge in [0.25, 0.3) is 0 Å². The number of para-hydroxylation sites is 2. The second-order valence-corrected chi connectivity index (χ2v) is 5.79. The molecule has 138 valence electrons. The number of anilines is 1. The number of benzene rings is 1. The fourth-order valence-corrected chi connectivity index (χ4v) is 1.83. The van der Waals surface area contributed by atoms with Crippen LogP contribution in [-0.4, -0.2) is 43.1 Å². The topological polar surface area (TPSA) is 84.4 Å². The zero-order valence-corrected chi connectivity index (χ0v) is 15.4. The van der Waals surface area contributed by atoms with E-state index in [2.05, 4.69) is 19.2 Å². The monoisotopic (exact) mass is 360 g/mol. The number of hydrogen-bond donors (Lipinski definition) is 3. The van der Waals surface area contributed by atoms with Crippen molar-refractivity contribution < 1.29 is 37.1 Å². The van der Waals surface area contributed by atoms with Crippen LogP contribution in [0, 0.1) is 0 Å². The first kappa shape index (κ1) is 22.5. The molecule has 1 aromatic rings. The summed E-state index contributed by atoms with van der Waals surface area (Å²) in [5, 5.41) is 14.6. The van der Waals surface area contributed by atoms with Crippen molar-refractivity contribution in [2.24, 2.45) is 0 Å². The minimum atomic E-state index is -0.568. The highest BCUT2D eigenvalue weighted by Crippen LogP contribution is 2.24. The minimum absolute atomic E-state index is 0. The lowest BCUT2D eigenvalue weighted by Crippen LogP contribution is -3.00. The maximum Gasteiger partial charge on any atom is 0.411 e. The summed E-state index contributed by atoms with van der Waals surface area (Å²) in [7, 11) is 0. The summed E-state index contributed by atoms with van der Waals surface area (Å²) < 4.78 is 10.7. The zero-order valence-electron chi connectivity index (χ0n) is 14.6. The van der Waals surface area contributed by atoms with Crippen molar-refractivity contribution in [2.75, 3.05) is 25.1 Å². The van der Waals surface area contributed by atoms with Crippen LogP contribution in [0.4, 0.5) is 10.5 Å². The molecule has 1 atom stereocenters. The molecule has 0 fully saturated rings. The smallest absolute Gasteiger partial charge is 0.411 e. The third-order valence-electron chi connectivity index (χ3n) is 3.17. The van der Waals surface area contributed by atoms with Crippen LogP contribution >= 0.6 is 0 Å². The third kappa shape index (κ3) is 9.60. The molecule has 1 aromatic carbocycles. The highest BCUT2D eigenvalue weighted by atomic mass is 35.5. The van der Waals surface area contributed by atoms with Crippen LogP contribution in [0.15, 0.2) is 24.3 Å². The number of carbonyl (C=O) groups is 1. The van der Waals surface area contributed by atoms with E-state index in [1.807, 2.05) is 18.3 Å². The van der Waals surface area contributed by atoms with Crippen LogP contribution in [0.25, 0.3) is 0 Å². The van der Waals surface area contributed by atoms with Gasteiger partial charge in [0.05, 0.1) is 18.3 Å². The molecule has 0 aliphatic heterocycles. The predicted octanol–water partition coefficient (Wildman–Crippen LogP) is -1.25. The van der Waals surface area contributed by atoms with Crippen LogP contribution in [-0.2, 0) is 4.74 Å². The Bertz CT molecular complexity index is 472. The number of amides is 1. The van der Waals surface area contributed by atoms with E-state index < -0.39 is 12.2 Å². The molecule has 4 N–H and O–H groups in total. The highest BCUT2D eigenvalue weighted by Gasteiger charge is 2.12. The van der Waals surface area contributed by atoms with Crippen molar-refractivity contribution in [1.82, 2.24) is 0 Å². The molecule has 6 nitrogen and oxygen atoms in total. The molecule has 0 saturated heterocycles. The Morgan fingerprint density at radius 2 is 2.04 bits per heavy atom. The molecule has 0 radical (unpaired) electrons. The molecule has 1 rings (SSSR count). The normalized spacial score (nSPS) is 11.5. The Morgan fingerprint density at radius 3 is 2.71 bits per heavy atom. The quantitative estimate of drug-likeness (QED) is 0.455. The van der Waals surface area contributed by atoms with Gasteiger partial charge in [0.1, 0.15) is 25.0 Å². The first-order valence-electron chi connectivity index (χ1n) is 8.20. The summed E-state index contributed by atoms with van der Waals surface area (Å²) in [4.78, 5) is 11.7. The average molecular weight is 361 g/mol. The lowest BCUT2D eigenvalue weighted by molar-refractivity contribution is -0.688. The summed E-state index contributed by atoms with van der Waals surface area (Å²) in [5.41, 5.74) is 0.536. The molecular formula is C17H29ClN2O4. The van der Waals surface area contributed by atoms with E-state index in [4.69, 9.17) is 9.47 Å². The van der Waals surface area contributed by atoms with Gasteiger partial charge in [-0.3, -0.25) is 5.32 Å². The Balaban J connectivity index is 0.00000529. The molecule has 0 aliphatic carbocycles. The Labute approximate surface area is 150 Å². The summed E-state index contributed by atoms with van der Waals surface area (Å²) in [6.45, 7) is 7.31. The van der Waals surface area contributed by atoms with Crippen molar-refractivity contribution in [2.45, 2.75) is 45.8 Å². The number of nitrogens with two attached hydrogens (primary N) is 1. The molecule has 0 aromatic heterocycles. The molecule has 7 heteroatoms. The molecule has 24 heavy (non-hydrogen) atoms.